The van der Waals surface area contributed by atoms with Gasteiger partial charge in [-0.2, -0.15) is 11.8 Å². The first kappa shape index (κ1) is 11.6. The molecule has 1 aliphatic heterocycles. The van der Waals surface area contributed by atoms with Gasteiger partial charge in [0.1, 0.15) is 0 Å². The van der Waals surface area contributed by atoms with E-state index in [9.17, 15) is 0 Å². The maximum atomic E-state index is 3.67. The van der Waals surface area contributed by atoms with Crippen LogP contribution in [0.2, 0.25) is 0 Å². The minimum Gasteiger partial charge on any atom is -0.382 e. The monoisotopic (exact) mass is 333 g/mol. The molecule has 0 unspecified atom stereocenters. The Labute approximate surface area is 110 Å². The fraction of sp³-hybridized carbons (Fsp3) is 0.500. The van der Waals surface area contributed by atoms with E-state index in [4.69, 9.17) is 0 Å². The summed E-state index contributed by atoms with van der Waals surface area (Å²) in [6, 6.07) is 7.18. The van der Waals surface area contributed by atoms with Crippen LogP contribution in [0.5, 0.6) is 0 Å². The standard InChI is InChI=1S/C12H16INS/c1-9-11(13)3-2-4-12(9)14-10-5-7-15-8-6-10/h2-4,10,14H,5-8H2,1H3. The van der Waals surface area contributed by atoms with Gasteiger partial charge in [-0.05, 0) is 71.6 Å². The van der Waals surface area contributed by atoms with Gasteiger partial charge >= 0.3 is 0 Å². The molecule has 0 bridgehead atoms. The number of halogens is 1. The molecule has 3 heteroatoms. The number of nitrogens with one attached hydrogen (secondary N) is 1. The number of hydrogen-bond donors (Lipinski definition) is 1. The molecule has 0 radical (unpaired) electrons. The zero-order chi connectivity index (χ0) is 10.7. The second-order valence-corrected chi connectivity index (χ2v) is 6.33. The molecule has 15 heavy (non-hydrogen) atoms. The summed E-state index contributed by atoms with van der Waals surface area (Å²) in [5.41, 5.74) is 2.70. The van der Waals surface area contributed by atoms with Crippen LogP contribution in [0.1, 0.15) is 18.4 Å². The Balaban J connectivity index is 2.06. The molecular formula is C12H16INS. The van der Waals surface area contributed by atoms with Crippen LogP contribution >= 0.6 is 34.4 Å². The lowest BCUT2D eigenvalue weighted by atomic mass is 10.1. The molecule has 1 fully saturated rings. The van der Waals surface area contributed by atoms with Gasteiger partial charge in [-0.25, -0.2) is 0 Å². The van der Waals surface area contributed by atoms with E-state index in [-0.39, 0.29) is 0 Å². The normalized spacial score (nSPS) is 17.7. The van der Waals surface area contributed by atoms with Gasteiger partial charge in [-0.15, -0.1) is 0 Å². The summed E-state index contributed by atoms with van der Waals surface area (Å²) in [4.78, 5) is 0. The average molecular weight is 333 g/mol. The van der Waals surface area contributed by atoms with Crippen LogP contribution < -0.4 is 5.32 Å². The fourth-order valence-corrected chi connectivity index (χ4v) is 3.43. The molecule has 1 saturated heterocycles. The molecule has 2 rings (SSSR count). The Morgan fingerprint density at radius 2 is 2.07 bits per heavy atom. The van der Waals surface area contributed by atoms with Gasteiger partial charge in [0.05, 0.1) is 0 Å². The van der Waals surface area contributed by atoms with Crippen molar-refractivity contribution >= 4 is 40.0 Å². The lowest BCUT2D eigenvalue weighted by Crippen LogP contribution is -2.24. The molecule has 82 valence electrons. The van der Waals surface area contributed by atoms with Crippen molar-refractivity contribution in [2.45, 2.75) is 25.8 Å². The zero-order valence-corrected chi connectivity index (χ0v) is 11.9. The van der Waals surface area contributed by atoms with Crippen molar-refractivity contribution in [1.29, 1.82) is 0 Å². The summed E-state index contributed by atoms with van der Waals surface area (Å²) in [5, 5.41) is 3.67. The molecule has 1 N–H and O–H groups in total. The first-order chi connectivity index (χ1) is 7.27. The molecule has 0 spiro atoms. The first-order valence-corrected chi connectivity index (χ1v) is 7.60. The van der Waals surface area contributed by atoms with Gasteiger partial charge in [0.25, 0.3) is 0 Å². The van der Waals surface area contributed by atoms with Crippen molar-refractivity contribution in [3.63, 3.8) is 0 Å². The van der Waals surface area contributed by atoms with Crippen molar-refractivity contribution in [3.05, 3.63) is 27.3 Å². The number of rotatable bonds is 2. The predicted molar refractivity (Wildman–Crippen MR) is 77.9 cm³/mol. The number of anilines is 1. The van der Waals surface area contributed by atoms with E-state index >= 15 is 0 Å². The number of benzene rings is 1. The van der Waals surface area contributed by atoms with E-state index in [1.54, 1.807) is 0 Å². The molecular weight excluding hydrogens is 317 g/mol. The smallest absolute Gasteiger partial charge is 0.0382 e. The SMILES string of the molecule is Cc1c(I)cccc1NC1CCSCC1. The summed E-state index contributed by atoms with van der Waals surface area (Å²) < 4.78 is 1.35. The second-order valence-electron chi connectivity index (χ2n) is 3.94. The molecule has 1 nitrogen and oxygen atoms in total. The number of thioether (sulfide) groups is 1. The molecule has 1 aromatic carbocycles. The topological polar surface area (TPSA) is 12.0 Å². The van der Waals surface area contributed by atoms with Gasteiger partial charge in [0.2, 0.25) is 0 Å². The lowest BCUT2D eigenvalue weighted by Gasteiger charge is -2.24. The summed E-state index contributed by atoms with van der Waals surface area (Å²) in [6.07, 6.45) is 2.60. The number of hydrogen-bond acceptors (Lipinski definition) is 2. The first-order valence-electron chi connectivity index (χ1n) is 5.37. The van der Waals surface area contributed by atoms with Gasteiger partial charge in [-0.3, -0.25) is 0 Å². The summed E-state index contributed by atoms with van der Waals surface area (Å²) in [5.74, 6) is 2.61. The molecule has 1 aliphatic rings. The highest BCUT2D eigenvalue weighted by atomic mass is 127. The van der Waals surface area contributed by atoms with Crippen LogP contribution in [-0.4, -0.2) is 17.5 Å². The second kappa shape index (κ2) is 5.43. The Morgan fingerprint density at radius 1 is 1.33 bits per heavy atom. The van der Waals surface area contributed by atoms with Crippen LogP contribution in [-0.2, 0) is 0 Å². The van der Waals surface area contributed by atoms with Crippen LogP contribution in [0, 0.1) is 10.5 Å². The third kappa shape index (κ3) is 3.03. The third-order valence-electron chi connectivity index (χ3n) is 2.85. The van der Waals surface area contributed by atoms with E-state index < -0.39 is 0 Å². The zero-order valence-electron chi connectivity index (χ0n) is 8.92. The highest BCUT2D eigenvalue weighted by Crippen LogP contribution is 2.25. The van der Waals surface area contributed by atoms with Crippen molar-refractivity contribution in [1.82, 2.24) is 0 Å². The van der Waals surface area contributed by atoms with Crippen molar-refractivity contribution in [2.75, 3.05) is 16.8 Å². The highest BCUT2D eigenvalue weighted by molar-refractivity contribution is 14.1. The van der Waals surface area contributed by atoms with Crippen molar-refractivity contribution in [2.24, 2.45) is 0 Å². The van der Waals surface area contributed by atoms with Gasteiger partial charge in [0.15, 0.2) is 0 Å². The van der Waals surface area contributed by atoms with E-state index in [1.807, 2.05) is 0 Å². The summed E-state index contributed by atoms with van der Waals surface area (Å²) >= 11 is 4.48. The van der Waals surface area contributed by atoms with Crippen molar-refractivity contribution in [3.8, 4) is 0 Å². The molecule has 0 saturated carbocycles. The maximum Gasteiger partial charge on any atom is 0.0382 e. The van der Waals surface area contributed by atoms with Crippen LogP contribution in [0.3, 0.4) is 0 Å². The molecule has 0 amide bonds. The predicted octanol–water partition coefficient (Wildman–Crippen LogP) is 3.91. The fourth-order valence-electron chi connectivity index (χ4n) is 1.83. The molecule has 0 aromatic heterocycles. The largest absolute Gasteiger partial charge is 0.382 e. The quantitative estimate of drug-likeness (QED) is 0.824. The van der Waals surface area contributed by atoms with E-state index in [1.165, 1.54) is 39.2 Å². The molecule has 0 aliphatic carbocycles. The molecule has 1 aromatic rings. The molecule has 1 heterocycles. The van der Waals surface area contributed by atoms with E-state index in [0.29, 0.717) is 6.04 Å². The van der Waals surface area contributed by atoms with Gasteiger partial charge in [-0.1, -0.05) is 6.07 Å². The molecule has 0 atom stereocenters. The lowest BCUT2D eigenvalue weighted by molar-refractivity contribution is 0.666. The maximum absolute atomic E-state index is 3.67. The van der Waals surface area contributed by atoms with E-state index in [2.05, 4.69) is 64.8 Å². The Kier molecular flexibility index (Phi) is 4.20. The van der Waals surface area contributed by atoms with Gasteiger partial charge < -0.3 is 5.32 Å². The van der Waals surface area contributed by atoms with E-state index in [0.717, 1.165) is 0 Å². The minimum absolute atomic E-state index is 0.683. The summed E-state index contributed by atoms with van der Waals surface area (Å²) in [7, 11) is 0. The van der Waals surface area contributed by atoms with Gasteiger partial charge in [0, 0.05) is 15.3 Å². The average Bonchev–Trinajstić information content (AvgIpc) is 2.26. The van der Waals surface area contributed by atoms with Crippen molar-refractivity contribution < 1.29 is 0 Å². The minimum atomic E-state index is 0.683. The third-order valence-corrected chi connectivity index (χ3v) is 5.07. The Hall–Kier alpha value is 0.1000. The van der Waals surface area contributed by atoms with Crippen LogP contribution in [0.4, 0.5) is 5.69 Å². The van der Waals surface area contributed by atoms with Crippen LogP contribution in [0.25, 0.3) is 0 Å². The van der Waals surface area contributed by atoms with Crippen LogP contribution in [0.15, 0.2) is 18.2 Å². The summed E-state index contributed by atoms with van der Waals surface area (Å²) in [6.45, 7) is 2.20. The highest BCUT2D eigenvalue weighted by Gasteiger charge is 2.14. The Morgan fingerprint density at radius 3 is 2.80 bits per heavy atom. The Bertz CT molecular complexity index is 334.